The van der Waals surface area contributed by atoms with Gasteiger partial charge in [0.2, 0.25) is 11.8 Å². The molecule has 0 heterocycles. The highest BCUT2D eigenvalue weighted by molar-refractivity contribution is 9.10. The summed E-state index contributed by atoms with van der Waals surface area (Å²) in [6.45, 7) is 3.88. The fourth-order valence-corrected chi connectivity index (χ4v) is 2.93. The zero-order valence-corrected chi connectivity index (χ0v) is 18.4. The molecule has 0 aliphatic heterocycles. The maximum Gasteiger partial charge on any atom is 0.240 e. The van der Waals surface area contributed by atoms with Gasteiger partial charge < -0.3 is 14.8 Å². The first-order valence-corrected chi connectivity index (χ1v) is 9.74. The van der Waals surface area contributed by atoms with Gasteiger partial charge in [0.1, 0.15) is 0 Å². The van der Waals surface area contributed by atoms with Crippen molar-refractivity contribution in [3.05, 3.63) is 51.5 Å². The van der Waals surface area contributed by atoms with Gasteiger partial charge in [0.15, 0.2) is 11.5 Å². The lowest BCUT2D eigenvalue weighted by molar-refractivity contribution is -0.124. The van der Waals surface area contributed by atoms with E-state index < -0.39 is 0 Å². The Morgan fingerprint density at radius 1 is 1.03 bits per heavy atom. The van der Waals surface area contributed by atoms with Gasteiger partial charge in [-0.05, 0) is 59.1 Å². The van der Waals surface area contributed by atoms with Gasteiger partial charge in [-0.3, -0.25) is 9.59 Å². The average Bonchev–Trinajstić information content (AvgIpc) is 2.70. The molecule has 2 rings (SSSR count). The van der Waals surface area contributed by atoms with Crippen LogP contribution in [0.2, 0.25) is 0 Å². The molecular weight excluding hydrogens is 438 g/mol. The maximum absolute atomic E-state index is 12.1. The highest BCUT2D eigenvalue weighted by atomic mass is 79.9. The molecule has 2 N–H and O–H groups in total. The Morgan fingerprint density at radius 3 is 2.38 bits per heavy atom. The van der Waals surface area contributed by atoms with E-state index in [4.69, 9.17) is 9.47 Å². The standard InChI is InChI=1S/C21H24BrN3O4/c1-13-5-6-14(2)17(9-13)24-20(26)7-8-21(27)25-23-12-15-10-18(28-3)19(29-4)11-16(15)22/h5-6,9-12H,7-8H2,1-4H3,(H,24,26)(H,25,27). The zero-order valence-electron chi connectivity index (χ0n) is 16.8. The molecule has 0 spiro atoms. The van der Waals surface area contributed by atoms with Crippen molar-refractivity contribution in [2.24, 2.45) is 5.10 Å². The van der Waals surface area contributed by atoms with Gasteiger partial charge in [-0.1, -0.05) is 12.1 Å². The number of carbonyl (C=O) groups excluding carboxylic acids is 2. The van der Waals surface area contributed by atoms with E-state index in [0.717, 1.165) is 21.3 Å². The number of nitrogens with zero attached hydrogens (tertiary/aromatic N) is 1. The lowest BCUT2D eigenvalue weighted by atomic mass is 10.1. The number of amides is 2. The predicted molar refractivity (Wildman–Crippen MR) is 117 cm³/mol. The van der Waals surface area contributed by atoms with Crippen molar-refractivity contribution in [2.45, 2.75) is 26.7 Å². The molecule has 0 bridgehead atoms. The number of benzene rings is 2. The van der Waals surface area contributed by atoms with E-state index in [-0.39, 0.29) is 24.7 Å². The van der Waals surface area contributed by atoms with Crippen molar-refractivity contribution < 1.29 is 19.1 Å². The third kappa shape index (κ3) is 6.60. The number of aryl methyl sites for hydroxylation is 2. The van der Waals surface area contributed by atoms with Crippen molar-refractivity contribution >= 4 is 39.6 Å². The van der Waals surface area contributed by atoms with Gasteiger partial charge >= 0.3 is 0 Å². The van der Waals surface area contributed by atoms with Crippen LogP contribution in [0.5, 0.6) is 11.5 Å². The smallest absolute Gasteiger partial charge is 0.240 e. The quantitative estimate of drug-likeness (QED) is 0.459. The number of methoxy groups -OCH3 is 2. The van der Waals surface area contributed by atoms with Gasteiger partial charge in [-0.25, -0.2) is 5.43 Å². The summed E-state index contributed by atoms with van der Waals surface area (Å²) in [5.41, 5.74) is 5.91. The topological polar surface area (TPSA) is 89.0 Å². The highest BCUT2D eigenvalue weighted by Crippen LogP contribution is 2.32. The Kier molecular flexibility index (Phi) is 8.21. The normalized spacial score (nSPS) is 10.7. The van der Waals surface area contributed by atoms with E-state index in [1.54, 1.807) is 19.2 Å². The van der Waals surface area contributed by atoms with E-state index in [0.29, 0.717) is 17.1 Å². The average molecular weight is 462 g/mol. The molecule has 0 radical (unpaired) electrons. The van der Waals surface area contributed by atoms with Crippen LogP contribution >= 0.6 is 15.9 Å². The van der Waals surface area contributed by atoms with Crippen LogP contribution in [0.3, 0.4) is 0 Å². The number of anilines is 1. The summed E-state index contributed by atoms with van der Waals surface area (Å²) in [6.07, 6.45) is 1.58. The minimum Gasteiger partial charge on any atom is -0.493 e. The number of rotatable bonds is 8. The summed E-state index contributed by atoms with van der Waals surface area (Å²) in [5.74, 6) is 0.552. The number of halogens is 1. The lowest BCUT2D eigenvalue weighted by Gasteiger charge is -2.09. The number of ether oxygens (including phenoxy) is 2. The van der Waals surface area contributed by atoms with Gasteiger partial charge in [0, 0.05) is 28.6 Å². The number of carbonyl (C=O) groups is 2. The van der Waals surface area contributed by atoms with E-state index in [2.05, 4.69) is 31.8 Å². The molecule has 154 valence electrons. The second-order valence-corrected chi connectivity index (χ2v) is 7.24. The summed E-state index contributed by atoms with van der Waals surface area (Å²) in [6, 6.07) is 9.31. The van der Waals surface area contributed by atoms with Crippen molar-refractivity contribution in [3.8, 4) is 11.5 Å². The Bertz CT molecular complexity index is 928. The first-order valence-electron chi connectivity index (χ1n) is 8.94. The maximum atomic E-state index is 12.1. The third-order valence-electron chi connectivity index (χ3n) is 4.14. The molecule has 0 aliphatic rings. The molecule has 29 heavy (non-hydrogen) atoms. The number of hydrogen-bond donors (Lipinski definition) is 2. The first kappa shape index (κ1) is 22.4. The van der Waals surface area contributed by atoms with Crippen LogP contribution < -0.4 is 20.2 Å². The van der Waals surface area contributed by atoms with E-state index in [9.17, 15) is 9.59 Å². The van der Waals surface area contributed by atoms with Crippen LogP contribution in [0.15, 0.2) is 39.9 Å². The molecule has 2 aromatic rings. The number of nitrogens with one attached hydrogen (secondary N) is 2. The largest absolute Gasteiger partial charge is 0.493 e. The summed E-state index contributed by atoms with van der Waals surface area (Å²) in [5, 5.41) is 6.77. The predicted octanol–water partition coefficient (Wildman–Crippen LogP) is 3.95. The van der Waals surface area contributed by atoms with Crippen LogP contribution in [0.25, 0.3) is 0 Å². The van der Waals surface area contributed by atoms with Gasteiger partial charge in [0.25, 0.3) is 0 Å². The SMILES string of the molecule is COc1cc(Br)c(C=NNC(=O)CCC(=O)Nc2cc(C)ccc2C)cc1OC. The lowest BCUT2D eigenvalue weighted by Crippen LogP contribution is -2.21. The van der Waals surface area contributed by atoms with Crippen molar-refractivity contribution in [3.63, 3.8) is 0 Å². The fourth-order valence-electron chi connectivity index (χ4n) is 2.51. The molecule has 0 aromatic heterocycles. The molecule has 0 aliphatic carbocycles. The molecule has 0 saturated heterocycles. The summed E-state index contributed by atoms with van der Waals surface area (Å²) >= 11 is 3.42. The van der Waals surface area contributed by atoms with Crippen LogP contribution in [0, 0.1) is 13.8 Å². The Hall–Kier alpha value is -2.87. The fraction of sp³-hybridized carbons (Fsp3) is 0.286. The van der Waals surface area contributed by atoms with Gasteiger partial charge in [-0.2, -0.15) is 5.10 Å². The number of hydrazone groups is 1. The molecular formula is C21H24BrN3O4. The Labute approximate surface area is 178 Å². The third-order valence-corrected chi connectivity index (χ3v) is 4.83. The molecule has 7 nitrogen and oxygen atoms in total. The molecule has 2 amide bonds. The van der Waals surface area contributed by atoms with Gasteiger partial charge in [0.05, 0.1) is 20.4 Å². The van der Waals surface area contributed by atoms with E-state index >= 15 is 0 Å². The zero-order chi connectivity index (χ0) is 21.4. The van der Waals surface area contributed by atoms with Crippen LogP contribution in [-0.2, 0) is 9.59 Å². The molecule has 0 atom stereocenters. The minimum atomic E-state index is -0.353. The van der Waals surface area contributed by atoms with Crippen LogP contribution in [0.4, 0.5) is 5.69 Å². The van der Waals surface area contributed by atoms with E-state index in [1.165, 1.54) is 13.3 Å². The van der Waals surface area contributed by atoms with E-state index in [1.807, 2.05) is 32.0 Å². The van der Waals surface area contributed by atoms with Crippen LogP contribution in [0.1, 0.15) is 29.5 Å². The first-order chi connectivity index (χ1) is 13.8. The van der Waals surface area contributed by atoms with Crippen LogP contribution in [-0.4, -0.2) is 32.2 Å². The second kappa shape index (κ2) is 10.6. The molecule has 0 unspecified atom stereocenters. The van der Waals surface area contributed by atoms with Crippen molar-refractivity contribution in [1.82, 2.24) is 5.43 Å². The highest BCUT2D eigenvalue weighted by Gasteiger charge is 2.10. The molecule has 8 heteroatoms. The number of hydrogen-bond acceptors (Lipinski definition) is 5. The Morgan fingerprint density at radius 2 is 1.69 bits per heavy atom. The molecule has 0 fully saturated rings. The molecule has 0 saturated carbocycles. The molecule has 2 aromatic carbocycles. The summed E-state index contributed by atoms with van der Waals surface area (Å²) in [7, 11) is 3.09. The van der Waals surface area contributed by atoms with Gasteiger partial charge in [-0.15, -0.1) is 0 Å². The monoisotopic (exact) mass is 461 g/mol. The second-order valence-electron chi connectivity index (χ2n) is 6.39. The summed E-state index contributed by atoms with van der Waals surface area (Å²) in [4.78, 5) is 24.0. The van der Waals surface area contributed by atoms with Crippen molar-refractivity contribution in [1.29, 1.82) is 0 Å². The minimum absolute atomic E-state index is 0.0289. The Balaban J connectivity index is 1.87. The summed E-state index contributed by atoms with van der Waals surface area (Å²) < 4.78 is 11.2. The van der Waals surface area contributed by atoms with Crippen molar-refractivity contribution in [2.75, 3.05) is 19.5 Å².